The molecule has 0 bridgehead atoms. The number of carboxylic acid groups (broad SMARTS) is 1. The molecule has 0 radical (unpaired) electrons. The standard InChI is InChI=1S/C18H24O3/c1-10(2)7-13-14-9-12(18(4,5)6)8-11(3)15(14)21-16(13)17(19)20/h8-10H,7H2,1-6H3,(H,19,20). The van der Waals surface area contributed by atoms with Crippen molar-refractivity contribution in [3.8, 4) is 0 Å². The minimum absolute atomic E-state index is 0.0225. The van der Waals surface area contributed by atoms with Crippen LogP contribution in [-0.2, 0) is 11.8 Å². The van der Waals surface area contributed by atoms with Gasteiger partial charge in [0.1, 0.15) is 5.58 Å². The van der Waals surface area contributed by atoms with E-state index in [2.05, 4.69) is 46.8 Å². The molecule has 2 rings (SSSR count). The van der Waals surface area contributed by atoms with Crippen molar-refractivity contribution < 1.29 is 14.3 Å². The molecule has 1 aromatic carbocycles. The van der Waals surface area contributed by atoms with Crippen molar-refractivity contribution in [3.63, 3.8) is 0 Å². The van der Waals surface area contributed by atoms with E-state index in [1.54, 1.807) is 0 Å². The molecule has 2 aromatic rings. The van der Waals surface area contributed by atoms with Gasteiger partial charge in [-0.2, -0.15) is 0 Å². The predicted molar refractivity (Wildman–Crippen MR) is 85.2 cm³/mol. The first kappa shape index (κ1) is 15.6. The first-order valence-corrected chi connectivity index (χ1v) is 7.41. The summed E-state index contributed by atoms with van der Waals surface area (Å²) in [6.45, 7) is 12.6. The number of aryl methyl sites for hydroxylation is 1. The molecule has 0 atom stereocenters. The van der Waals surface area contributed by atoms with Gasteiger partial charge < -0.3 is 9.52 Å². The number of aromatic carboxylic acids is 1. The van der Waals surface area contributed by atoms with E-state index < -0.39 is 5.97 Å². The molecule has 1 heterocycles. The molecule has 3 heteroatoms. The number of hydrogen-bond acceptors (Lipinski definition) is 2. The Bertz CT molecular complexity index is 685. The molecular formula is C18H24O3. The van der Waals surface area contributed by atoms with Crippen LogP contribution >= 0.6 is 0 Å². The number of carboxylic acids is 1. The van der Waals surface area contributed by atoms with E-state index in [0.29, 0.717) is 17.9 Å². The first-order valence-electron chi connectivity index (χ1n) is 7.41. The van der Waals surface area contributed by atoms with Crippen molar-refractivity contribution in [1.82, 2.24) is 0 Å². The van der Waals surface area contributed by atoms with Gasteiger partial charge in [0, 0.05) is 10.9 Å². The lowest BCUT2D eigenvalue weighted by Gasteiger charge is -2.20. The van der Waals surface area contributed by atoms with Gasteiger partial charge in [0.2, 0.25) is 5.76 Å². The lowest BCUT2D eigenvalue weighted by Crippen LogP contribution is -2.11. The molecule has 0 aliphatic rings. The highest BCUT2D eigenvalue weighted by molar-refractivity contribution is 5.96. The number of hydrogen-bond donors (Lipinski definition) is 1. The third-order valence-electron chi connectivity index (χ3n) is 3.75. The average Bonchev–Trinajstić information content (AvgIpc) is 2.67. The monoisotopic (exact) mass is 288 g/mol. The molecule has 21 heavy (non-hydrogen) atoms. The Morgan fingerprint density at radius 3 is 2.38 bits per heavy atom. The van der Waals surface area contributed by atoms with Crippen molar-refractivity contribution in [2.24, 2.45) is 5.92 Å². The fourth-order valence-corrected chi connectivity index (χ4v) is 2.64. The van der Waals surface area contributed by atoms with E-state index in [1.807, 2.05) is 6.92 Å². The molecule has 3 nitrogen and oxygen atoms in total. The molecule has 0 spiro atoms. The van der Waals surface area contributed by atoms with Gasteiger partial charge in [0.25, 0.3) is 0 Å². The molecule has 1 aromatic heterocycles. The van der Waals surface area contributed by atoms with Gasteiger partial charge in [0.15, 0.2) is 0 Å². The molecule has 0 amide bonds. The Morgan fingerprint density at radius 2 is 1.90 bits per heavy atom. The number of furan rings is 1. The number of carbonyl (C=O) groups is 1. The van der Waals surface area contributed by atoms with Crippen molar-refractivity contribution in [1.29, 1.82) is 0 Å². The van der Waals surface area contributed by atoms with Crippen LogP contribution in [0.4, 0.5) is 0 Å². The van der Waals surface area contributed by atoms with E-state index in [9.17, 15) is 9.90 Å². The summed E-state index contributed by atoms with van der Waals surface area (Å²) in [6, 6.07) is 4.19. The number of fused-ring (bicyclic) bond motifs is 1. The summed E-state index contributed by atoms with van der Waals surface area (Å²) in [4.78, 5) is 11.5. The SMILES string of the molecule is Cc1cc(C(C)(C)C)cc2c(CC(C)C)c(C(=O)O)oc12. The average molecular weight is 288 g/mol. The Hall–Kier alpha value is -1.77. The van der Waals surface area contributed by atoms with Crippen LogP contribution in [0.5, 0.6) is 0 Å². The molecule has 0 saturated heterocycles. The molecule has 0 aliphatic heterocycles. The number of benzene rings is 1. The smallest absolute Gasteiger partial charge is 0.372 e. The zero-order chi connectivity index (χ0) is 15.9. The van der Waals surface area contributed by atoms with Gasteiger partial charge in [-0.1, -0.05) is 40.7 Å². The molecule has 0 unspecified atom stereocenters. The largest absolute Gasteiger partial charge is 0.475 e. The van der Waals surface area contributed by atoms with E-state index >= 15 is 0 Å². The van der Waals surface area contributed by atoms with Crippen LogP contribution in [0.1, 0.15) is 61.9 Å². The summed E-state index contributed by atoms with van der Waals surface area (Å²) < 4.78 is 5.66. The highest BCUT2D eigenvalue weighted by atomic mass is 16.4. The summed E-state index contributed by atoms with van der Waals surface area (Å²) in [5.74, 6) is -0.520. The zero-order valence-electron chi connectivity index (χ0n) is 13.7. The van der Waals surface area contributed by atoms with Crippen LogP contribution in [0, 0.1) is 12.8 Å². The number of rotatable bonds is 3. The highest BCUT2D eigenvalue weighted by Gasteiger charge is 2.24. The Morgan fingerprint density at radius 1 is 1.29 bits per heavy atom. The van der Waals surface area contributed by atoms with Gasteiger partial charge >= 0.3 is 5.97 Å². The molecular weight excluding hydrogens is 264 g/mol. The minimum Gasteiger partial charge on any atom is -0.475 e. The second kappa shape index (κ2) is 5.21. The molecule has 114 valence electrons. The third-order valence-corrected chi connectivity index (χ3v) is 3.75. The Kier molecular flexibility index (Phi) is 3.87. The zero-order valence-corrected chi connectivity index (χ0v) is 13.7. The van der Waals surface area contributed by atoms with Crippen molar-refractivity contribution >= 4 is 16.9 Å². The fraction of sp³-hybridized carbons (Fsp3) is 0.500. The van der Waals surface area contributed by atoms with Crippen molar-refractivity contribution in [2.45, 2.75) is 53.4 Å². The van der Waals surface area contributed by atoms with E-state index in [0.717, 1.165) is 16.5 Å². The maximum absolute atomic E-state index is 11.5. The van der Waals surface area contributed by atoms with Crippen LogP contribution < -0.4 is 0 Å². The van der Waals surface area contributed by atoms with Crippen LogP contribution in [0.15, 0.2) is 16.5 Å². The maximum atomic E-state index is 11.5. The van der Waals surface area contributed by atoms with E-state index in [-0.39, 0.29) is 11.2 Å². The van der Waals surface area contributed by atoms with Gasteiger partial charge in [-0.05, 0) is 41.9 Å². The highest BCUT2D eigenvalue weighted by Crippen LogP contribution is 2.34. The lowest BCUT2D eigenvalue weighted by molar-refractivity contribution is 0.0663. The maximum Gasteiger partial charge on any atom is 0.372 e. The van der Waals surface area contributed by atoms with Crippen molar-refractivity contribution in [2.75, 3.05) is 0 Å². The topological polar surface area (TPSA) is 50.4 Å². The second-order valence-corrected chi connectivity index (χ2v) is 7.23. The summed E-state index contributed by atoms with van der Waals surface area (Å²) in [6.07, 6.45) is 0.710. The molecule has 0 fully saturated rings. The fourth-order valence-electron chi connectivity index (χ4n) is 2.64. The van der Waals surface area contributed by atoms with Crippen LogP contribution in [0.3, 0.4) is 0 Å². The normalized spacial score (nSPS) is 12.3. The molecule has 0 saturated carbocycles. The van der Waals surface area contributed by atoms with Crippen LogP contribution in [-0.4, -0.2) is 11.1 Å². The van der Waals surface area contributed by atoms with Gasteiger partial charge in [-0.3, -0.25) is 0 Å². The third kappa shape index (κ3) is 2.97. The summed E-state index contributed by atoms with van der Waals surface area (Å²) >= 11 is 0. The Balaban J connectivity index is 2.79. The van der Waals surface area contributed by atoms with Crippen molar-refractivity contribution in [3.05, 3.63) is 34.6 Å². The van der Waals surface area contributed by atoms with Crippen LogP contribution in [0.25, 0.3) is 11.0 Å². The van der Waals surface area contributed by atoms with E-state index in [1.165, 1.54) is 5.56 Å². The van der Waals surface area contributed by atoms with Gasteiger partial charge in [0.05, 0.1) is 0 Å². The van der Waals surface area contributed by atoms with E-state index in [4.69, 9.17) is 4.42 Å². The summed E-state index contributed by atoms with van der Waals surface area (Å²) in [7, 11) is 0. The Labute approximate surface area is 126 Å². The van der Waals surface area contributed by atoms with Gasteiger partial charge in [-0.25, -0.2) is 4.79 Å². The van der Waals surface area contributed by atoms with Crippen LogP contribution in [0.2, 0.25) is 0 Å². The minimum atomic E-state index is -0.987. The first-order chi connectivity index (χ1) is 9.61. The molecule has 1 N–H and O–H groups in total. The molecule has 0 aliphatic carbocycles. The summed E-state index contributed by atoms with van der Waals surface area (Å²) in [5.41, 5.74) is 3.75. The predicted octanol–water partition coefficient (Wildman–Crippen LogP) is 4.94. The summed E-state index contributed by atoms with van der Waals surface area (Å²) in [5, 5.41) is 10.4. The quantitative estimate of drug-likeness (QED) is 0.870. The lowest BCUT2D eigenvalue weighted by atomic mass is 9.84. The van der Waals surface area contributed by atoms with Gasteiger partial charge in [-0.15, -0.1) is 0 Å². The second-order valence-electron chi connectivity index (χ2n) is 7.23.